The lowest BCUT2D eigenvalue weighted by atomic mass is 10.0. The molecule has 102 valence electrons. The van der Waals surface area contributed by atoms with E-state index in [1.54, 1.807) is 6.20 Å². The lowest BCUT2D eigenvalue weighted by molar-refractivity contribution is -0.148. The normalized spacial score (nSPS) is 14.6. The Morgan fingerprint density at radius 1 is 1.61 bits per heavy atom. The van der Waals surface area contributed by atoms with Crippen molar-refractivity contribution in [1.82, 2.24) is 14.9 Å². The van der Waals surface area contributed by atoms with Gasteiger partial charge in [-0.1, -0.05) is 20.8 Å². The van der Waals surface area contributed by atoms with E-state index in [2.05, 4.69) is 24.1 Å². The highest BCUT2D eigenvalue weighted by Gasteiger charge is 2.34. The van der Waals surface area contributed by atoms with Crippen molar-refractivity contribution in [3.05, 3.63) is 18.2 Å². The molecule has 0 radical (unpaired) electrons. The van der Waals surface area contributed by atoms with Gasteiger partial charge < -0.3 is 14.6 Å². The van der Waals surface area contributed by atoms with E-state index in [9.17, 15) is 4.79 Å². The number of carbonyl (C=O) groups is 1. The molecule has 0 amide bonds. The molecular formula is C13H23N3O2. The monoisotopic (exact) mass is 253 g/mol. The van der Waals surface area contributed by atoms with E-state index in [-0.39, 0.29) is 5.97 Å². The Kier molecular flexibility index (Phi) is 4.90. The molecule has 0 saturated heterocycles. The maximum absolute atomic E-state index is 11.9. The number of methoxy groups -OCH3 is 1. The summed E-state index contributed by atoms with van der Waals surface area (Å²) in [4.78, 5) is 16.2. The van der Waals surface area contributed by atoms with E-state index in [0.29, 0.717) is 19.0 Å². The average molecular weight is 253 g/mol. The fraction of sp³-hybridized carbons (Fsp3) is 0.692. The maximum atomic E-state index is 11.9. The van der Waals surface area contributed by atoms with E-state index in [1.165, 1.54) is 7.11 Å². The van der Waals surface area contributed by atoms with Gasteiger partial charge in [0.15, 0.2) is 0 Å². The summed E-state index contributed by atoms with van der Waals surface area (Å²) < 4.78 is 6.89. The first-order valence-electron chi connectivity index (χ1n) is 6.29. The van der Waals surface area contributed by atoms with E-state index >= 15 is 0 Å². The first kappa shape index (κ1) is 14.7. The van der Waals surface area contributed by atoms with Crippen LogP contribution in [0.15, 0.2) is 12.4 Å². The Labute approximate surface area is 109 Å². The van der Waals surface area contributed by atoms with Crippen molar-refractivity contribution < 1.29 is 9.53 Å². The fourth-order valence-corrected chi connectivity index (χ4v) is 2.10. The molecule has 0 aliphatic rings. The molecule has 1 rings (SSSR count). The van der Waals surface area contributed by atoms with Crippen LogP contribution in [0.3, 0.4) is 0 Å². The third kappa shape index (κ3) is 3.10. The van der Waals surface area contributed by atoms with Crippen LogP contribution >= 0.6 is 0 Å². The summed E-state index contributed by atoms with van der Waals surface area (Å²) in [6.07, 6.45) is 3.66. The molecule has 0 saturated carbocycles. The Balaban J connectivity index is 2.96. The summed E-state index contributed by atoms with van der Waals surface area (Å²) >= 11 is 0. The van der Waals surface area contributed by atoms with E-state index < -0.39 is 5.54 Å². The molecule has 0 fully saturated rings. The Morgan fingerprint density at radius 2 is 2.28 bits per heavy atom. The van der Waals surface area contributed by atoms with Crippen molar-refractivity contribution in [3.63, 3.8) is 0 Å². The largest absolute Gasteiger partial charge is 0.468 e. The van der Waals surface area contributed by atoms with Gasteiger partial charge in [-0.3, -0.25) is 0 Å². The van der Waals surface area contributed by atoms with Gasteiger partial charge in [0, 0.05) is 18.3 Å². The van der Waals surface area contributed by atoms with Crippen LogP contribution in [0.4, 0.5) is 0 Å². The summed E-state index contributed by atoms with van der Waals surface area (Å²) in [5.41, 5.74) is -0.728. The fourth-order valence-electron chi connectivity index (χ4n) is 2.10. The second-order valence-corrected chi connectivity index (χ2v) is 4.92. The van der Waals surface area contributed by atoms with E-state index in [1.807, 2.05) is 24.6 Å². The lowest BCUT2D eigenvalue weighted by Crippen LogP contribution is -2.53. The number of ether oxygens (including phenoxy) is 1. The molecule has 1 aromatic rings. The quantitative estimate of drug-likeness (QED) is 0.781. The van der Waals surface area contributed by atoms with Gasteiger partial charge in [-0.2, -0.15) is 0 Å². The molecule has 5 heteroatoms. The third-order valence-electron chi connectivity index (χ3n) is 2.95. The van der Waals surface area contributed by atoms with E-state index in [0.717, 1.165) is 5.82 Å². The number of rotatable bonds is 6. The number of hydrogen-bond donors (Lipinski definition) is 1. The van der Waals surface area contributed by atoms with E-state index in [4.69, 9.17) is 4.74 Å². The summed E-state index contributed by atoms with van der Waals surface area (Å²) in [6, 6.07) is 0. The van der Waals surface area contributed by atoms with Crippen molar-refractivity contribution in [2.75, 3.05) is 13.7 Å². The minimum Gasteiger partial charge on any atom is -0.468 e. The number of carbonyl (C=O) groups excluding carboxylic acids is 1. The summed E-state index contributed by atoms with van der Waals surface area (Å²) in [5.74, 6) is 1.04. The van der Waals surface area contributed by atoms with Crippen LogP contribution in [0.2, 0.25) is 0 Å². The van der Waals surface area contributed by atoms with Gasteiger partial charge in [0.2, 0.25) is 0 Å². The molecule has 1 atom stereocenters. The number of hydrogen-bond acceptors (Lipinski definition) is 4. The SMILES string of the molecule is CCNC(C)(Cn1ccnc1C(C)C)C(=O)OC. The Hall–Kier alpha value is -1.36. The smallest absolute Gasteiger partial charge is 0.327 e. The minimum absolute atomic E-state index is 0.257. The molecule has 1 heterocycles. The van der Waals surface area contributed by atoms with Crippen LogP contribution in [0.25, 0.3) is 0 Å². The molecule has 1 aromatic heterocycles. The topological polar surface area (TPSA) is 56.2 Å². The van der Waals surface area contributed by atoms with Gasteiger partial charge in [0.05, 0.1) is 13.7 Å². The Bertz CT molecular complexity index is 401. The number of nitrogens with zero attached hydrogens (tertiary/aromatic N) is 2. The van der Waals surface area contributed by atoms with Crippen molar-refractivity contribution in [1.29, 1.82) is 0 Å². The summed E-state index contributed by atoms with van der Waals surface area (Å²) in [6.45, 7) is 9.21. The standard InChI is InChI=1S/C13H23N3O2/c1-6-15-13(4,12(17)18-5)9-16-8-7-14-11(16)10(2)3/h7-8,10,15H,6,9H2,1-5H3. The highest BCUT2D eigenvalue weighted by molar-refractivity contribution is 5.80. The molecule has 0 bridgehead atoms. The zero-order chi connectivity index (χ0) is 13.8. The molecule has 18 heavy (non-hydrogen) atoms. The van der Waals surface area contributed by atoms with Gasteiger partial charge in [-0.05, 0) is 13.5 Å². The average Bonchev–Trinajstić information content (AvgIpc) is 2.76. The molecular weight excluding hydrogens is 230 g/mol. The van der Waals surface area contributed by atoms with Crippen LogP contribution in [0.1, 0.15) is 39.4 Å². The van der Waals surface area contributed by atoms with Gasteiger partial charge >= 0.3 is 5.97 Å². The van der Waals surface area contributed by atoms with Crippen LogP contribution in [-0.4, -0.2) is 34.7 Å². The highest BCUT2D eigenvalue weighted by Crippen LogP contribution is 2.16. The Morgan fingerprint density at radius 3 is 2.78 bits per heavy atom. The van der Waals surface area contributed by atoms with Gasteiger partial charge in [-0.25, -0.2) is 9.78 Å². The number of imidazole rings is 1. The summed E-state index contributed by atoms with van der Waals surface area (Å²) in [7, 11) is 1.41. The number of aromatic nitrogens is 2. The predicted molar refractivity (Wildman–Crippen MR) is 70.4 cm³/mol. The molecule has 0 aromatic carbocycles. The second kappa shape index (κ2) is 6.00. The van der Waals surface area contributed by atoms with Crippen LogP contribution in [-0.2, 0) is 16.1 Å². The molecule has 1 unspecified atom stereocenters. The van der Waals surface area contributed by atoms with Gasteiger partial charge in [0.1, 0.15) is 11.4 Å². The first-order valence-corrected chi connectivity index (χ1v) is 6.29. The van der Waals surface area contributed by atoms with Gasteiger partial charge in [0.25, 0.3) is 0 Å². The van der Waals surface area contributed by atoms with Crippen LogP contribution in [0.5, 0.6) is 0 Å². The zero-order valence-corrected chi connectivity index (χ0v) is 11.9. The molecule has 0 spiro atoms. The molecule has 0 aliphatic carbocycles. The maximum Gasteiger partial charge on any atom is 0.327 e. The number of nitrogens with one attached hydrogen (secondary N) is 1. The molecule has 5 nitrogen and oxygen atoms in total. The number of esters is 1. The van der Waals surface area contributed by atoms with Crippen molar-refractivity contribution in [2.45, 2.75) is 45.7 Å². The number of likely N-dealkylation sites (N-methyl/N-ethyl adjacent to an activating group) is 1. The van der Waals surface area contributed by atoms with Crippen LogP contribution in [0, 0.1) is 0 Å². The highest BCUT2D eigenvalue weighted by atomic mass is 16.5. The first-order chi connectivity index (χ1) is 8.44. The second-order valence-electron chi connectivity index (χ2n) is 4.92. The molecule has 0 aliphatic heterocycles. The predicted octanol–water partition coefficient (Wildman–Crippen LogP) is 1.55. The summed E-state index contributed by atoms with van der Waals surface area (Å²) in [5, 5.41) is 3.19. The van der Waals surface area contributed by atoms with Gasteiger partial charge in [-0.15, -0.1) is 0 Å². The van der Waals surface area contributed by atoms with Crippen molar-refractivity contribution in [2.24, 2.45) is 0 Å². The van der Waals surface area contributed by atoms with Crippen molar-refractivity contribution >= 4 is 5.97 Å². The van der Waals surface area contributed by atoms with Crippen LogP contribution < -0.4 is 5.32 Å². The van der Waals surface area contributed by atoms with Crippen molar-refractivity contribution in [3.8, 4) is 0 Å². The third-order valence-corrected chi connectivity index (χ3v) is 2.95. The minimum atomic E-state index is -0.728. The zero-order valence-electron chi connectivity index (χ0n) is 11.9. The molecule has 1 N–H and O–H groups in total. The lowest BCUT2D eigenvalue weighted by Gasteiger charge is -2.28.